The number of carbonyl (C=O) groups excluding carboxylic acids is 1. The predicted octanol–water partition coefficient (Wildman–Crippen LogP) is 5.18. The molecule has 3 heterocycles. The molecule has 0 radical (unpaired) electrons. The third-order valence-corrected chi connectivity index (χ3v) is 7.51. The number of nitrogens with zero attached hydrogens (tertiary/aromatic N) is 4. The largest absolute Gasteiger partial charge is 0.348 e. The maximum Gasteiger partial charge on any atom is 0.234 e. The van der Waals surface area contributed by atoms with Gasteiger partial charge in [-0.2, -0.15) is 4.98 Å². The second-order valence-electron chi connectivity index (χ2n) is 8.13. The lowest BCUT2D eigenvalue weighted by molar-refractivity contribution is -0.113. The molecular weight excluding hydrogens is 414 g/mol. The van der Waals surface area contributed by atoms with E-state index < -0.39 is 0 Å². The molecule has 2 aromatic heterocycles. The second kappa shape index (κ2) is 9.31. The average Bonchev–Trinajstić information content (AvgIpc) is 3.18. The molecule has 0 saturated carbocycles. The van der Waals surface area contributed by atoms with Crippen molar-refractivity contribution in [3.05, 3.63) is 36.2 Å². The van der Waals surface area contributed by atoms with Crippen LogP contribution in [0, 0.1) is 5.92 Å². The maximum absolute atomic E-state index is 12.4. The minimum absolute atomic E-state index is 0.0429. The fourth-order valence-corrected chi connectivity index (χ4v) is 5.53. The molecule has 30 heavy (non-hydrogen) atoms. The van der Waals surface area contributed by atoms with Crippen molar-refractivity contribution in [3.63, 3.8) is 0 Å². The first kappa shape index (κ1) is 21.1. The summed E-state index contributed by atoms with van der Waals surface area (Å²) in [4.78, 5) is 28.3. The number of rotatable bonds is 6. The molecule has 0 unspecified atom stereocenters. The first-order valence-corrected chi connectivity index (χ1v) is 12.2. The molecule has 6 nitrogen and oxygen atoms in total. The number of fused-ring (bicyclic) bond motifs is 1. The van der Waals surface area contributed by atoms with E-state index in [-0.39, 0.29) is 5.91 Å². The molecule has 1 amide bonds. The van der Waals surface area contributed by atoms with E-state index >= 15 is 0 Å². The number of hydrogen-bond donors (Lipinski definition) is 1. The topological polar surface area (TPSA) is 71.0 Å². The van der Waals surface area contributed by atoms with E-state index in [0.717, 1.165) is 39.3 Å². The van der Waals surface area contributed by atoms with Crippen LogP contribution in [0.1, 0.15) is 45.1 Å². The van der Waals surface area contributed by atoms with Crippen LogP contribution in [0.15, 0.2) is 35.6 Å². The summed E-state index contributed by atoms with van der Waals surface area (Å²) in [5.41, 5.74) is 2.79. The Bertz CT molecular complexity index is 1020. The monoisotopic (exact) mass is 441 g/mol. The van der Waals surface area contributed by atoms with Crippen molar-refractivity contribution in [2.45, 2.75) is 44.6 Å². The molecule has 4 rings (SSSR count). The molecule has 158 valence electrons. The highest BCUT2D eigenvalue weighted by atomic mass is 32.2. The van der Waals surface area contributed by atoms with Crippen LogP contribution in [0.3, 0.4) is 0 Å². The maximum atomic E-state index is 12.4. The fourth-order valence-electron chi connectivity index (χ4n) is 3.61. The van der Waals surface area contributed by atoms with Gasteiger partial charge in [0, 0.05) is 18.8 Å². The van der Waals surface area contributed by atoms with Crippen LogP contribution < -0.4 is 10.2 Å². The van der Waals surface area contributed by atoms with Gasteiger partial charge in [0.1, 0.15) is 16.1 Å². The molecule has 8 heteroatoms. The Hall–Kier alpha value is -2.19. The second-order valence-corrected chi connectivity index (χ2v) is 10.1. The molecule has 0 spiro atoms. The van der Waals surface area contributed by atoms with Gasteiger partial charge in [0.15, 0.2) is 10.8 Å². The number of thiazole rings is 1. The number of benzene rings is 1. The number of thioether (sulfide) groups is 1. The van der Waals surface area contributed by atoms with E-state index in [1.807, 2.05) is 12.1 Å². The lowest BCUT2D eigenvalue weighted by Gasteiger charge is -2.30. The smallest absolute Gasteiger partial charge is 0.234 e. The first-order chi connectivity index (χ1) is 14.5. The number of piperidine rings is 1. The van der Waals surface area contributed by atoms with Crippen molar-refractivity contribution in [2.24, 2.45) is 5.92 Å². The number of amides is 1. The summed E-state index contributed by atoms with van der Waals surface area (Å²) >= 11 is 3.06. The Labute approximate surface area is 185 Å². The van der Waals surface area contributed by atoms with Gasteiger partial charge < -0.3 is 10.2 Å². The Morgan fingerprint density at radius 3 is 2.83 bits per heavy atom. The Kier molecular flexibility index (Phi) is 6.53. The predicted molar refractivity (Wildman–Crippen MR) is 126 cm³/mol. The zero-order valence-electron chi connectivity index (χ0n) is 17.6. The fraction of sp³-hybridized carbons (Fsp3) is 0.455. The van der Waals surface area contributed by atoms with Crippen LogP contribution in [0.2, 0.25) is 0 Å². The lowest BCUT2D eigenvalue weighted by atomic mass is 10.0. The standard InChI is InChI=1S/C22H27N5OS2/c1-14(2)16-6-8-17(9-7-16)25-18(28)12-29-21-19-20(23-13-24-21)26-22(30-19)27-10-4-5-15(3)11-27/h6-9,13-15H,4-5,10-12H2,1-3H3,(H,25,28)/t15-/m0/s1. The van der Waals surface area contributed by atoms with Crippen LogP contribution in [0.4, 0.5) is 10.8 Å². The van der Waals surface area contributed by atoms with E-state index in [1.165, 1.54) is 36.5 Å². The van der Waals surface area contributed by atoms with Crippen molar-refractivity contribution in [1.29, 1.82) is 0 Å². The summed E-state index contributed by atoms with van der Waals surface area (Å²) in [7, 11) is 0. The summed E-state index contributed by atoms with van der Waals surface area (Å²) in [6.45, 7) is 8.67. The summed E-state index contributed by atoms with van der Waals surface area (Å²) < 4.78 is 0.963. The minimum atomic E-state index is -0.0429. The molecule has 1 aromatic carbocycles. The summed E-state index contributed by atoms with van der Waals surface area (Å²) in [6.07, 6.45) is 4.01. The van der Waals surface area contributed by atoms with Crippen LogP contribution in [-0.4, -0.2) is 39.7 Å². The molecule has 1 N–H and O–H groups in total. The van der Waals surface area contributed by atoms with Gasteiger partial charge in [0.05, 0.1) is 5.75 Å². The van der Waals surface area contributed by atoms with Crippen molar-refractivity contribution >= 4 is 50.2 Å². The van der Waals surface area contributed by atoms with Gasteiger partial charge in [0.2, 0.25) is 5.91 Å². The Balaban J connectivity index is 1.41. The normalized spacial score (nSPS) is 16.9. The zero-order valence-corrected chi connectivity index (χ0v) is 19.2. The van der Waals surface area contributed by atoms with Gasteiger partial charge in [-0.3, -0.25) is 4.79 Å². The third kappa shape index (κ3) is 4.92. The third-order valence-electron chi connectivity index (χ3n) is 5.28. The summed E-state index contributed by atoms with van der Waals surface area (Å²) in [5, 5.41) is 4.79. The number of nitrogens with one attached hydrogen (secondary N) is 1. The quantitative estimate of drug-likeness (QED) is 0.420. The number of carbonyl (C=O) groups is 1. The molecule has 0 aliphatic carbocycles. The molecule has 0 bridgehead atoms. The highest BCUT2D eigenvalue weighted by Gasteiger charge is 2.21. The van der Waals surface area contributed by atoms with Crippen LogP contribution >= 0.6 is 23.1 Å². The van der Waals surface area contributed by atoms with E-state index in [1.54, 1.807) is 11.3 Å². The average molecular weight is 442 g/mol. The van der Waals surface area contributed by atoms with Crippen molar-refractivity contribution in [1.82, 2.24) is 15.0 Å². The molecule has 3 aromatic rings. The highest BCUT2D eigenvalue weighted by molar-refractivity contribution is 8.00. The van der Waals surface area contributed by atoms with Gasteiger partial charge in [-0.05, 0) is 42.4 Å². The highest BCUT2D eigenvalue weighted by Crippen LogP contribution is 2.35. The van der Waals surface area contributed by atoms with E-state index in [2.05, 4.69) is 53.1 Å². The minimum Gasteiger partial charge on any atom is -0.348 e. The van der Waals surface area contributed by atoms with Gasteiger partial charge in [0.25, 0.3) is 0 Å². The molecule has 1 aliphatic heterocycles. The van der Waals surface area contributed by atoms with Crippen LogP contribution in [0.5, 0.6) is 0 Å². The number of aromatic nitrogens is 3. The van der Waals surface area contributed by atoms with Crippen LogP contribution in [0.25, 0.3) is 10.3 Å². The van der Waals surface area contributed by atoms with Crippen LogP contribution in [-0.2, 0) is 4.79 Å². The molecule has 1 aliphatic rings. The van der Waals surface area contributed by atoms with E-state index in [4.69, 9.17) is 4.98 Å². The number of anilines is 2. The number of hydrogen-bond acceptors (Lipinski definition) is 7. The van der Waals surface area contributed by atoms with Crippen molar-refractivity contribution < 1.29 is 4.79 Å². The first-order valence-electron chi connectivity index (χ1n) is 10.4. The van der Waals surface area contributed by atoms with Crippen molar-refractivity contribution in [3.8, 4) is 0 Å². The lowest BCUT2D eigenvalue weighted by Crippen LogP contribution is -2.34. The van der Waals surface area contributed by atoms with Crippen molar-refractivity contribution in [2.75, 3.05) is 29.1 Å². The molecule has 1 fully saturated rings. The molecule has 1 saturated heterocycles. The summed E-state index contributed by atoms with van der Waals surface area (Å²) in [6, 6.07) is 8.02. The Morgan fingerprint density at radius 1 is 1.30 bits per heavy atom. The molecular formula is C22H27N5OS2. The Morgan fingerprint density at radius 2 is 2.10 bits per heavy atom. The van der Waals surface area contributed by atoms with Gasteiger partial charge in [-0.1, -0.05) is 56.0 Å². The zero-order chi connectivity index (χ0) is 21.1. The van der Waals surface area contributed by atoms with E-state index in [9.17, 15) is 4.79 Å². The SMILES string of the molecule is CC(C)c1ccc(NC(=O)CSc2ncnc3nc(N4CCC[C@H](C)C4)sc23)cc1. The molecule has 1 atom stereocenters. The summed E-state index contributed by atoms with van der Waals surface area (Å²) in [5.74, 6) is 1.41. The van der Waals surface area contributed by atoms with Gasteiger partial charge in [-0.25, -0.2) is 9.97 Å². The van der Waals surface area contributed by atoms with Gasteiger partial charge >= 0.3 is 0 Å². The van der Waals surface area contributed by atoms with Gasteiger partial charge in [-0.15, -0.1) is 0 Å². The van der Waals surface area contributed by atoms with E-state index in [0.29, 0.717) is 17.6 Å².